The van der Waals surface area contributed by atoms with Gasteiger partial charge in [-0.2, -0.15) is 13.2 Å². The lowest BCUT2D eigenvalue weighted by atomic mass is 10.00. The van der Waals surface area contributed by atoms with E-state index >= 15 is 0 Å². The van der Waals surface area contributed by atoms with E-state index in [1.54, 1.807) is 0 Å². The predicted octanol–water partition coefficient (Wildman–Crippen LogP) is 4.02. The summed E-state index contributed by atoms with van der Waals surface area (Å²) >= 11 is 6.17. The van der Waals surface area contributed by atoms with Crippen molar-refractivity contribution >= 4 is 22.6 Å². The van der Waals surface area contributed by atoms with Gasteiger partial charge in [-0.3, -0.25) is 4.79 Å². The third-order valence-electron chi connectivity index (χ3n) is 3.99. The summed E-state index contributed by atoms with van der Waals surface area (Å²) in [5.41, 5.74) is -1.71. The number of hydrogen-bond acceptors (Lipinski definition) is 6. The van der Waals surface area contributed by atoms with Crippen LogP contribution in [0, 0.1) is 0 Å². The molecule has 4 rings (SSSR count). The van der Waals surface area contributed by atoms with Gasteiger partial charge in [0, 0.05) is 11.6 Å². The molecule has 4 aromatic rings. The molecular weight excluding hydrogens is 401 g/mol. The minimum Gasteiger partial charge on any atom is -0.508 e. The van der Waals surface area contributed by atoms with Gasteiger partial charge in [-0.1, -0.05) is 17.7 Å². The second-order valence-corrected chi connectivity index (χ2v) is 6.17. The van der Waals surface area contributed by atoms with E-state index in [4.69, 9.17) is 16.0 Å². The number of H-pyrrole nitrogens is 1. The Hall–Kier alpha value is -3.40. The minimum absolute atomic E-state index is 0.0365. The third-order valence-corrected chi connectivity index (χ3v) is 4.30. The van der Waals surface area contributed by atoms with Crippen molar-refractivity contribution in [3.05, 3.63) is 57.4 Å². The molecule has 0 aliphatic carbocycles. The maximum Gasteiger partial charge on any atom is 0.450 e. The number of halogens is 4. The summed E-state index contributed by atoms with van der Waals surface area (Å²) < 4.78 is 45.7. The Morgan fingerprint density at radius 3 is 2.57 bits per heavy atom. The van der Waals surface area contributed by atoms with Crippen molar-refractivity contribution < 1.29 is 22.7 Å². The number of aromatic hydroxyl groups is 1. The maximum absolute atomic E-state index is 13.6. The zero-order valence-electron chi connectivity index (χ0n) is 13.6. The Kier molecular flexibility index (Phi) is 4.07. The Bertz CT molecular complexity index is 1250. The molecule has 0 saturated carbocycles. The molecule has 2 aromatic carbocycles. The lowest BCUT2D eigenvalue weighted by Crippen LogP contribution is -2.16. The molecule has 0 atom stereocenters. The van der Waals surface area contributed by atoms with Gasteiger partial charge < -0.3 is 9.52 Å². The van der Waals surface area contributed by atoms with E-state index < -0.39 is 22.9 Å². The quantitative estimate of drug-likeness (QED) is 0.519. The van der Waals surface area contributed by atoms with Crippen LogP contribution in [0.2, 0.25) is 5.02 Å². The average molecular weight is 409 g/mol. The molecule has 0 aliphatic rings. The van der Waals surface area contributed by atoms with E-state index in [0.29, 0.717) is 5.56 Å². The third kappa shape index (κ3) is 2.97. The number of benzene rings is 2. The van der Waals surface area contributed by atoms with Crippen LogP contribution in [0.1, 0.15) is 5.76 Å². The summed E-state index contributed by atoms with van der Waals surface area (Å²) in [6, 6.07) is 7.20. The molecule has 7 nitrogen and oxygen atoms in total. The lowest BCUT2D eigenvalue weighted by Gasteiger charge is -2.13. The van der Waals surface area contributed by atoms with Gasteiger partial charge in [0.2, 0.25) is 11.2 Å². The number of phenolic OH excluding ortho intramolecular Hbond substituents is 1. The first-order valence-corrected chi connectivity index (χ1v) is 8.04. The fourth-order valence-corrected chi connectivity index (χ4v) is 3.05. The largest absolute Gasteiger partial charge is 0.508 e. The first-order valence-electron chi connectivity index (χ1n) is 7.67. The summed E-state index contributed by atoms with van der Waals surface area (Å²) in [6.45, 7) is 0. The summed E-state index contributed by atoms with van der Waals surface area (Å²) in [6.07, 6.45) is -4.95. The molecule has 0 spiro atoms. The van der Waals surface area contributed by atoms with E-state index in [-0.39, 0.29) is 33.1 Å². The van der Waals surface area contributed by atoms with Crippen LogP contribution in [0.3, 0.4) is 0 Å². The smallest absolute Gasteiger partial charge is 0.450 e. The minimum atomic E-state index is -4.95. The number of rotatable bonds is 2. The van der Waals surface area contributed by atoms with Gasteiger partial charge in [-0.25, -0.2) is 5.10 Å². The van der Waals surface area contributed by atoms with Crippen LogP contribution < -0.4 is 5.43 Å². The summed E-state index contributed by atoms with van der Waals surface area (Å²) in [5, 5.41) is 22.4. The molecule has 11 heteroatoms. The van der Waals surface area contributed by atoms with Crippen LogP contribution in [0.5, 0.6) is 5.75 Å². The van der Waals surface area contributed by atoms with Crippen LogP contribution in [-0.2, 0) is 6.18 Å². The number of nitrogens with zero attached hydrogens (tertiary/aromatic N) is 3. The van der Waals surface area contributed by atoms with Crippen LogP contribution in [-0.4, -0.2) is 25.7 Å². The second kappa shape index (κ2) is 6.34. The highest BCUT2D eigenvalue weighted by molar-refractivity contribution is 6.33. The summed E-state index contributed by atoms with van der Waals surface area (Å²) in [7, 11) is 0. The molecule has 2 N–H and O–H groups in total. The molecule has 0 amide bonds. The van der Waals surface area contributed by atoms with Crippen molar-refractivity contribution in [1.82, 2.24) is 20.6 Å². The number of phenols is 1. The van der Waals surface area contributed by atoms with Crippen molar-refractivity contribution in [3.63, 3.8) is 0 Å². The fraction of sp³-hybridized carbons (Fsp3) is 0.0588. The lowest BCUT2D eigenvalue weighted by molar-refractivity contribution is -0.152. The van der Waals surface area contributed by atoms with Gasteiger partial charge in [0.1, 0.15) is 11.3 Å². The van der Waals surface area contributed by atoms with E-state index in [1.165, 1.54) is 30.3 Å². The Balaban J connectivity index is 2.00. The molecule has 0 fully saturated rings. The summed E-state index contributed by atoms with van der Waals surface area (Å²) in [5.74, 6) is -1.60. The molecule has 0 unspecified atom stereocenters. The molecular formula is C17H8ClF3N4O3. The number of aromatic nitrogens is 4. The molecule has 0 bridgehead atoms. The van der Waals surface area contributed by atoms with Gasteiger partial charge >= 0.3 is 6.18 Å². The molecule has 0 saturated heterocycles. The van der Waals surface area contributed by atoms with Crippen molar-refractivity contribution in [2.45, 2.75) is 6.18 Å². The van der Waals surface area contributed by atoms with Crippen LogP contribution >= 0.6 is 11.6 Å². The first-order chi connectivity index (χ1) is 13.3. The van der Waals surface area contributed by atoms with E-state index in [1.807, 2.05) is 0 Å². The molecule has 28 heavy (non-hydrogen) atoms. The Labute approximate surface area is 158 Å². The maximum atomic E-state index is 13.6. The zero-order valence-corrected chi connectivity index (χ0v) is 14.3. The number of alkyl halides is 3. The van der Waals surface area contributed by atoms with E-state index in [0.717, 1.165) is 6.07 Å². The molecule has 0 radical (unpaired) electrons. The van der Waals surface area contributed by atoms with E-state index in [9.17, 15) is 23.1 Å². The highest BCUT2D eigenvalue weighted by Gasteiger charge is 2.39. The van der Waals surface area contributed by atoms with E-state index in [2.05, 4.69) is 20.6 Å². The number of nitrogens with one attached hydrogen (secondary N) is 1. The molecule has 142 valence electrons. The average Bonchev–Trinajstić information content (AvgIpc) is 3.14. The Morgan fingerprint density at radius 1 is 1.14 bits per heavy atom. The predicted molar refractivity (Wildman–Crippen MR) is 92.8 cm³/mol. The van der Waals surface area contributed by atoms with Crippen molar-refractivity contribution in [1.29, 1.82) is 0 Å². The molecule has 0 aliphatic heterocycles. The number of aromatic amines is 1. The number of tetrazole rings is 1. The first kappa shape index (κ1) is 18.0. The monoisotopic (exact) mass is 408 g/mol. The topological polar surface area (TPSA) is 105 Å². The number of fused-ring (bicyclic) bond motifs is 1. The standard InChI is InChI=1S/C17H8ClF3N4O3/c18-11-5-7(1-3-9(11)16-22-24-25-23-16)13-14(27)10-4-2-8(26)6-12(10)28-15(13)17(19,20)21/h1-6,26H,(H,22,23,24,25). The summed E-state index contributed by atoms with van der Waals surface area (Å²) in [4.78, 5) is 12.8. The highest BCUT2D eigenvalue weighted by atomic mass is 35.5. The van der Waals surface area contributed by atoms with Crippen LogP contribution in [0.15, 0.2) is 45.6 Å². The SMILES string of the molecule is O=c1c(-c2ccc(-c3nnn[nH]3)c(Cl)c2)c(C(F)(F)F)oc2cc(O)ccc12. The second-order valence-electron chi connectivity index (χ2n) is 5.76. The Morgan fingerprint density at radius 2 is 1.93 bits per heavy atom. The van der Waals surface area contributed by atoms with Crippen molar-refractivity contribution in [2.75, 3.05) is 0 Å². The van der Waals surface area contributed by atoms with Crippen molar-refractivity contribution in [3.8, 4) is 28.3 Å². The highest BCUT2D eigenvalue weighted by Crippen LogP contribution is 2.39. The number of hydrogen-bond donors (Lipinski definition) is 2. The normalized spacial score (nSPS) is 11.9. The van der Waals surface area contributed by atoms with Crippen LogP contribution in [0.25, 0.3) is 33.5 Å². The van der Waals surface area contributed by atoms with Gasteiger partial charge in [-0.15, -0.1) is 5.10 Å². The van der Waals surface area contributed by atoms with Gasteiger partial charge in [-0.05, 0) is 40.3 Å². The van der Waals surface area contributed by atoms with Crippen LogP contribution in [0.4, 0.5) is 13.2 Å². The van der Waals surface area contributed by atoms with Gasteiger partial charge in [0.05, 0.1) is 16.0 Å². The van der Waals surface area contributed by atoms with Gasteiger partial charge in [0.25, 0.3) is 0 Å². The molecule has 2 aromatic heterocycles. The van der Waals surface area contributed by atoms with Gasteiger partial charge in [0.15, 0.2) is 5.82 Å². The van der Waals surface area contributed by atoms with Crippen molar-refractivity contribution in [2.24, 2.45) is 0 Å². The fourth-order valence-electron chi connectivity index (χ4n) is 2.78. The molecule has 2 heterocycles. The zero-order chi connectivity index (χ0) is 20.1.